The highest BCUT2D eigenvalue weighted by atomic mass is 32.2. The molecule has 1 aliphatic heterocycles. The first kappa shape index (κ1) is 28.1. The number of thioether (sulfide) groups is 1. The standard InChI is InChI=1S/C27H27F5N2O3S/c1-37-17-2-3-23-18(14-17)24(22(32)15-33-23)19(29)4-5-27(26(35)36)6-8-34(9-7-27)10-11-38-25-20(30)12-16(28)13-21(25)31/h2-3,12-15,19H,4-11H2,1H3,(H,35,36). The van der Waals surface area contributed by atoms with Crippen LogP contribution in [0.5, 0.6) is 5.75 Å². The minimum absolute atomic E-state index is 0.0192. The molecule has 1 atom stereocenters. The maximum atomic E-state index is 15.4. The van der Waals surface area contributed by atoms with Crippen molar-refractivity contribution in [1.29, 1.82) is 0 Å². The van der Waals surface area contributed by atoms with Crippen LogP contribution in [0.3, 0.4) is 0 Å². The lowest BCUT2D eigenvalue weighted by atomic mass is 9.74. The van der Waals surface area contributed by atoms with Gasteiger partial charge in [-0.3, -0.25) is 9.78 Å². The van der Waals surface area contributed by atoms with Gasteiger partial charge in [0.2, 0.25) is 0 Å². The molecule has 1 fully saturated rings. The highest BCUT2D eigenvalue weighted by Gasteiger charge is 2.42. The summed E-state index contributed by atoms with van der Waals surface area (Å²) in [5, 5.41) is 10.3. The number of carboxylic acid groups (broad SMARTS) is 1. The number of aromatic nitrogens is 1. The number of aliphatic carboxylic acids is 1. The van der Waals surface area contributed by atoms with Gasteiger partial charge in [-0.1, -0.05) is 0 Å². The zero-order chi connectivity index (χ0) is 27.4. The van der Waals surface area contributed by atoms with Gasteiger partial charge in [0.25, 0.3) is 0 Å². The van der Waals surface area contributed by atoms with Crippen molar-refractivity contribution in [2.75, 3.05) is 32.5 Å². The van der Waals surface area contributed by atoms with Gasteiger partial charge in [-0.15, -0.1) is 11.8 Å². The second-order valence-electron chi connectivity index (χ2n) is 9.38. The monoisotopic (exact) mass is 554 g/mol. The Labute approximate surface area is 221 Å². The van der Waals surface area contributed by atoms with Crippen LogP contribution < -0.4 is 4.74 Å². The van der Waals surface area contributed by atoms with Crippen LogP contribution in [0.1, 0.15) is 37.4 Å². The molecule has 11 heteroatoms. The molecule has 1 N–H and O–H groups in total. The minimum atomic E-state index is -1.74. The second kappa shape index (κ2) is 11.9. The molecule has 2 aromatic carbocycles. The fourth-order valence-corrected chi connectivity index (χ4v) is 5.83. The van der Waals surface area contributed by atoms with Gasteiger partial charge in [-0.2, -0.15) is 0 Å². The predicted molar refractivity (Wildman–Crippen MR) is 134 cm³/mol. The van der Waals surface area contributed by atoms with Crippen LogP contribution in [0.25, 0.3) is 10.9 Å². The predicted octanol–water partition coefficient (Wildman–Crippen LogP) is 6.55. The van der Waals surface area contributed by atoms with Crippen LogP contribution in [0, 0.1) is 28.7 Å². The average molecular weight is 555 g/mol. The van der Waals surface area contributed by atoms with Crippen molar-refractivity contribution in [3.05, 3.63) is 65.4 Å². The molecule has 38 heavy (non-hydrogen) atoms. The molecular weight excluding hydrogens is 527 g/mol. The Kier molecular flexibility index (Phi) is 8.77. The Morgan fingerprint density at radius 2 is 1.82 bits per heavy atom. The minimum Gasteiger partial charge on any atom is -0.497 e. The van der Waals surface area contributed by atoms with E-state index in [2.05, 4.69) is 4.98 Å². The maximum absolute atomic E-state index is 15.4. The van der Waals surface area contributed by atoms with E-state index in [9.17, 15) is 27.5 Å². The molecule has 1 saturated heterocycles. The molecule has 2 heterocycles. The van der Waals surface area contributed by atoms with Crippen molar-refractivity contribution in [3.63, 3.8) is 0 Å². The summed E-state index contributed by atoms with van der Waals surface area (Å²) in [6, 6.07) is 6.02. The Morgan fingerprint density at radius 1 is 1.13 bits per heavy atom. The van der Waals surface area contributed by atoms with Crippen molar-refractivity contribution >= 4 is 28.6 Å². The lowest BCUT2D eigenvalue weighted by molar-refractivity contribution is -0.153. The fourth-order valence-electron chi connectivity index (χ4n) is 4.88. The Balaban J connectivity index is 1.37. The first-order valence-electron chi connectivity index (χ1n) is 12.1. The third-order valence-corrected chi connectivity index (χ3v) is 8.21. The molecule has 1 unspecified atom stereocenters. The summed E-state index contributed by atoms with van der Waals surface area (Å²) in [6.07, 6.45) is -0.425. The fraction of sp³-hybridized carbons (Fsp3) is 0.407. The molecule has 1 aromatic heterocycles. The van der Waals surface area contributed by atoms with Gasteiger partial charge in [-0.05, 0) is 57.0 Å². The van der Waals surface area contributed by atoms with Crippen LogP contribution in [0.4, 0.5) is 22.0 Å². The van der Waals surface area contributed by atoms with E-state index in [-0.39, 0.29) is 41.5 Å². The molecule has 204 valence electrons. The van der Waals surface area contributed by atoms with Crippen LogP contribution in [0.2, 0.25) is 0 Å². The third kappa shape index (κ3) is 6.04. The van der Waals surface area contributed by atoms with E-state index in [1.165, 1.54) is 13.2 Å². The highest BCUT2D eigenvalue weighted by molar-refractivity contribution is 7.99. The molecular formula is C27H27F5N2O3S. The zero-order valence-electron chi connectivity index (χ0n) is 20.7. The largest absolute Gasteiger partial charge is 0.497 e. The van der Waals surface area contributed by atoms with E-state index in [4.69, 9.17) is 4.74 Å². The number of nitrogens with zero attached hydrogens (tertiary/aromatic N) is 2. The van der Waals surface area contributed by atoms with E-state index in [0.29, 0.717) is 48.8 Å². The van der Waals surface area contributed by atoms with Gasteiger partial charge in [-0.25, -0.2) is 22.0 Å². The molecule has 0 spiro atoms. The summed E-state index contributed by atoms with van der Waals surface area (Å²) in [7, 11) is 1.45. The number of ether oxygens (including phenoxy) is 1. The number of carboxylic acids is 1. The number of alkyl halides is 1. The molecule has 0 bridgehead atoms. The molecule has 5 nitrogen and oxygen atoms in total. The number of hydrogen-bond donors (Lipinski definition) is 1. The molecule has 1 aliphatic rings. The zero-order valence-corrected chi connectivity index (χ0v) is 21.5. The summed E-state index contributed by atoms with van der Waals surface area (Å²) < 4.78 is 76.1. The van der Waals surface area contributed by atoms with Crippen molar-refractivity contribution in [2.45, 2.75) is 36.8 Å². The third-order valence-electron chi connectivity index (χ3n) is 7.14. The van der Waals surface area contributed by atoms with E-state index in [1.807, 2.05) is 4.90 Å². The quantitative estimate of drug-likeness (QED) is 0.227. The molecule has 0 amide bonds. The first-order chi connectivity index (χ1) is 18.1. The second-order valence-corrected chi connectivity index (χ2v) is 10.5. The molecule has 4 rings (SSSR count). The SMILES string of the molecule is COc1ccc2ncc(F)c(C(F)CCC3(C(=O)O)CCN(CCSc4c(F)cc(F)cc4F)CC3)c2c1. The van der Waals surface area contributed by atoms with Gasteiger partial charge in [0, 0.05) is 35.4 Å². The summed E-state index contributed by atoms with van der Waals surface area (Å²) >= 11 is 0.925. The lowest BCUT2D eigenvalue weighted by Crippen LogP contribution is -2.45. The Hall–Kier alpha value is -2.92. The van der Waals surface area contributed by atoms with E-state index < -0.39 is 40.8 Å². The van der Waals surface area contributed by atoms with Gasteiger partial charge < -0.3 is 14.7 Å². The smallest absolute Gasteiger partial charge is 0.309 e. The first-order valence-corrected chi connectivity index (χ1v) is 13.1. The molecule has 3 aromatic rings. The summed E-state index contributed by atoms with van der Waals surface area (Å²) in [5.41, 5.74) is -0.922. The van der Waals surface area contributed by atoms with Gasteiger partial charge in [0.15, 0.2) is 0 Å². The highest BCUT2D eigenvalue weighted by Crippen LogP contribution is 2.41. The number of methoxy groups -OCH3 is 1. The van der Waals surface area contributed by atoms with Crippen molar-refractivity contribution in [2.24, 2.45) is 5.41 Å². The van der Waals surface area contributed by atoms with Crippen LogP contribution in [-0.2, 0) is 4.79 Å². The number of benzene rings is 2. The number of halogens is 5. The number of piperidine rings is 1. The summed E-state index contributed by atoms with van der Waals surface area (Å²) in [6.45, 7) is 1.25. The van der Waals surface area contributed by atoms with Crippen molar-refractivity contribution in [1.82, 2.24) is 9.88 Å². The van der Waals surface area contributed by atoms with Crippen LogP contribution in [-0.4, -0.2) is 53.5 Å². The number of likely N-dealkylation sites (tertiary alicyclic amines) is 1. The lowest BCUT2D eigenvalue weighted by Gasteiger charge is -2.39. The Morgan fingerprint density at radius 3 is 2.45 bits per heavy atom. The van der Waals surface area contributed by atoms with Gasteiger partial charge in [0.1, 0.15) is 35.2 Å². The number of rotatable bonds is 10. The number of carbonyl (C=O) groups is 1. The van der Waals surface area contributed by atoms with E-state index in [0.717, 1.165) is 18.0 Å². The van der Waals surface area contributed by atoms with Gasteiger partial charge >= 0.3 is 5.97 Å². The topological polar surface area (TPSA) is 62.7 Å². The Bertz CT molecular complexity index is 1290. The maximum Gasteiger partial charge on any atom is 0.309 e. The van der Waals surface area contributed by atoms with Crippen LogP contribution in [0.15, 0.2) is 41.4 Å². The number of fused-ring (bicyclic) bond motifs is 1. The molecule has 0 radical (unpaired) electrons. The van der Waals surface area contributed by atoms with Crippen molar-refractivity contribution < 1.29 is 36.6 Å². The number of hydrogen-bond acceptors (Lipinski definition) is 5. The summed E-state index contributed by atoms with van der Waals surface area (Å²) in [4.78, 5) is 18.0. The number of pyridine rings is 1. The summed E-state index contributed by atoms with van der Waals surface area (Å²) in [5.74, 6) is -4.00. The van der Waals surface area contributed by atoms with Crippen LogP contribution >= 0.6 is 11.8 Å². The molecule has 0 aliphatic carbocycles. The average Bonchev–Trinajstić information content (AvgIpc) is 2.89. The van der Waals surface area contributed by atoms with Gasteiger partial charge in [0.05, 0.1) is 29.1 Å². The van der Waals surface area contributed by atoms with E-state index >= 15 is 4.39 Å². The van der Waals surface area contributed by atoms with Crippen molar-refractivity contribution in [3.8, 4) is 5.75 Å². The normalized spacial score (nSPS) is 16.5. The van der Waals surface area contributed by atoms with E-state index in [1.54, 1.807) is 12.1 Å². The molecule has 0 saturated carbocycles.